The Bertz CT molecular complexity index is 1230. The number of thioether (sulfide) groups is 1. The summed E-state index contributed by atoms with van der Waals surface area (Å²) in [5.41, 5.74) is 5.89. The summed E-state index contributed by atoms with van der Waals surface area (Å²) in [6.07, 6.45) is 3.33. The van der Waals surface area contributed by atoms with E-state index in [9.17, 15) is 4.79 Å². The summed E-state index contributed by atoms with van der Waals surface area (Å²) in [5.74, 6) is 1.45. The van der Waals surface area contributed by atoms with Crippen molar-refractivity contribution in [1.82, 2.24) is 9.97 Å². The van der Waals surface area contributed by atoms with Crippen LogP contribution in [0.15, 0.2) is 50.8 Å². The van der Waals surface area contributed by atoms with E-state index in [0.29, 0.717) is 11.3 Å². The minimum absolute atomic E-state index is 0.301. The Labute approximate surface area is 159 Å². The highest BCUT2D eigenvalue weighted by molar-refractivity contribution is 7.98. The third-order valence-corrected chi connectivity index (χ3v) is 6.00. The number of imidazole rings is 1. The van der Waals surface area contributed by atoms with Crippen molar-refractivity contribution in [1.29, 1.82) is 0 Å². The second-order valence-corrected chi connectivity index (χ2v) is 7.74. The van der Waals surface area contributed by atoms with Crippen molar-refractivity contribution in [2.45, 2.75) is 30.2 Å². The minimum atomic E-state index is -0.301. The molecule has 2 heterocycles. The molecule has 0 atom stereocenters. The standard InChI is InChI=1S/C21H18N2O3S/c1-25-15-5-6-17-18(10-15)23-21(22-17)27-11-14-9-20(24)26-19-8-13-4-2-3-12(13)7-16(14)19/h5-10H,2-4,11H2,1H3,(H,22,23). The van der Waals surface area contributed by atoms with Crippen molar-refractivity contribution in [3.63, 3.8) is 0 Å². The Morgan fingerprint density at radius 2 is 2.04 bits per heavy atom. The van der Waals surface area contributed by atoms with Gasteiger partial charge in [-0.05, 0) is 60.2 Å². The fourth-order valence-electron chi connectivity index (χ4n) is 3.72. The molecule has 2 aromatic heterocycles. The predicted molar refractivity (Wildman–Crippen MR) is 107 cm³/mol. The van der Waals surface area contributed by atoms with Crippen molar-refractivity contribution in [3.05, 3.63) is 63.5 Å². The molecule has 1 N–H and O–H groups in total. The van der Waals surface area contributed by atoms with Crippen LogP contribution in [0.1, 0.15) is 23.1 Å². The van der Waals surface area contributed by atoms with Crippen LogP contribution in [0.2, 0.25) is 0 Å². The number of nitrogens with one attached hydrogen (secondary N) is 1. The van der Waals surface area contributed by atoms with Gasteiger partial charge in [-0.25, -0.2) is 9.78 Å². The van der Waals surface area contributed by atoms with Gasteiger partial charge in [0, 0.05) is 23.3 Å². The highest BCUT2D eigenvalue weighted by Crippen LogP contribution is 2.31. The molecule has 0 amide bonds. The summed E-state index contributed by atoms with van der Waals surface area (Å²) in [7, 11) is 1.65. The number of H-pyrrole nitrogens is 1. The molecule has 5 rings (SSSR count). The summed E-state index contributed by atoms with van der Waals surface area (Å²) in [5, 5.41) is 1.85. The second kappa shape index (κ2) is 6.46. The minimum Gasteiger partial charge on any atom is -0.497 e. The van der Waals surface area contributed by atoms with Crippen molar-refractivity contribution in [2.75, 3.05) is 7.11 Å². The maximum Gasteiger partial charge on any atom is 0.336 e. The summed E-state index contributed by atoms with van der Waals surface area (Å²) < 4.78 is 10.7. The van der Waals surface area contributed by atoms with Crippen LogP contribution in [-0.2, 0) is 18.6 Å². The SMILES string of the molecule is COc1ccc2nc(SCc3cc(=O)oc4cc5c(cc34)CCC5)[nH]c2c1. The number of benzene rings is 2. The van der Waals surface area contributed by atoms with Gasteiger partial charge in [0.15, 0.2) is 5.16 Å². The van der Waals surface area contributed by atoms with Gasteiger partial charge < -0.3 is 14.1 Å². The van der Waals surface area contributed by atoms with Gasteiger partial charge in [-0.3, -0.25) is 0 Å². The first kappa shape index (κ1) is 16.4. The molecule has 1 aliphatic rings. The smallest absolute Gasteiger partial charge is 0.336 e. The Balaban J connectivity index is 1.48. The second-order valence-electron chi connectivity index (χ2n) is 6.78. The van der Waals surface area contributed by atoms with E-state index >= 15 is 0 Å². The number of aromatic nitrogens is 2. The monoisotopic (exact) mass is 378 g/mol. The fourth-order valence-corrected chi connectivity index (χ4v) is 4.60. The maximum absolute atomic E-state index is 12.0. The van der Waals surface area contributed by atoms with Crippen LogP contribution >= 0.6 is 11.8 Å². The molecule has 0 fully saturated rings. The molecule has 4 aromatic rings. The molecule has 0 bridgehead atoms. The van der Waals surface area contributed by atoms with Crippen LogP contribution < -0.4 is 10.4 Å². The first-order valence-electron chi connectivity index (χ1n) is 8.95. The van der Waals surface area contributed by atoms with Crippen LogP contribution in [0.4, 0.5) is 0 Å². The van der Waals surface area contributed by atoms with E-state index in [1.54, 1.807) is 24.9 Å². The van der Waals surface area contributed by atoms with Crippen LogP contribution in [0.3, 0.4) is 0 Å². The fraction of sp³-hybridized carbons (Fsp3) is 0.238. The number of hydrogen-bond donors (Lipinski definition) is 1. The number of aryl methyl sites for hydroxylation is 2. The third kappa shape index (κ3) is 3.00. The van der Waals surface area contributed by atoms with E-state index < -0.39 is 0 Å². The predicted octanol–water partition coefficient (Wildman–Crippen LogP) is 4.46. The topological polar surface area (TPSA) is 68.1 Å². The van der Waals surface area contributed by atoms with Crippen LogP contribution in [-0.4, -0.2) is 17.1 Å². The number of fused-ring (bicyclic) bond motifs is 3. The van der Waals surface area contributed by atoms with Gasteiger partial charge in [0.05, 0.1) is 18.1 Å². The maximum atomic E-state index is 12.0. The average Bonchev–Trinajstić information content (AvgIpc) is 3.29. The van der Waals surface area contributed by atoms with E-state index in [2.05, 4.69) is 16.0 Å². The first-order chi connectivity index (χ1) is 13.2. The first-order valence-corrected chi connectivity index (χ1v) is 9.93. The molecule has 0 saturated heterocycles. The number of aromatic amines is 1. The lowest BCUT2D eigenvalue weighted by atomic mass is 10.0. The molecular weight excluding hydrogens is 360 g/mol. The molecule has 0 saturated carbocycles. The van der Waals surface area contributed by atoms with Crippen molar-refractivity contribution < 1.29 is 9.15 Å². The van der Waals surface area contributed by atoms with Gasteiger partial charge in [0.25, 0.3) is 0 Å². The van der Waals surface area contributed by atoms with Crippen molar-refractivity contribution in [3.8, 4) is 5.75 Å². The molecular formula is C21H18N2O3S. The zero-order chi connectivity index (χ0) is 18.4. The Hall–Kier alpha value is -2.73. The van der Waals surface area contributed by atoms with Crippen LogP contribution in [0.25, 0.3) is 22.0 Å². The van der Waals surface area contributed by atoms with E-state index in [-0.39, 0.29) is 5.63 Å². The molecule has 27 heavy (non-hydrogen) atoms. The Morgan fingerprint density at radius 3 is 2.89 bits per heavy atom. The zero-order valence-corrected chi connectivity index (χ0v) is 15.7. The quantitative estimate of drug-likeness (QED) is 0.419. The highest BCUT2D eigenvalue weighted by Gasteiger charge is 2.15. The molecule has 2 aromatic carbocycles. The van der Waals surface area contributed by atoms with Gasteiger partial charge >= 0.3 is 5.63 Å². The number of methoxy groups -OCH3 is 1. The third-order valence-electron chi connectivity index (χ3n) is 5.07. The summed E-state index contributed by atoms with van der Waals surface area (Å²) in [6, 6.07) is 11.6. The zero-order valence-electron chi connectivity index (χ0n) is 14.9. The molecule has 5 nitrogen and oxygen atoms in total. The Morgan fingerprint density at radius 1 is 1.19 bits per heavy atom. The molecule has 6 heteroatoms. The number of hydrogen-bond acceptors (Lipinski definition) is 5. The van der Waals surface area contributed by atoms with Crippen LogP contribution in [0.5, 0.6) is 5.75 Å². The van der Waals surface area contributed by atoms with Gasteiger partial charge in [-0.15, -0.1) is 0 Å². The molecule has 0 unspecified atom stereocenters. The lowest BCUT2D eigenvalue weighted by Gasteiger charge is -2.07. The normalized spacial score (nSPS) is 13.4. The number of ether oxygens (including phenoxy) is 1. The summed E-state index contributed by atoms with van der Waals surface area (Å²) >= 11 is 1.58. The summed E-state index contributed by atoms with van der Waals surface area (Å²) in [6.45, 7) is 0. The van der Waals surface area contributed by atoms with Gasteiger partial charge in [0.2, 0.25) is 0 Å². The average molecular weight is 378 g/mol. The Kier molecular flexibility index (Phi) is 3.93. The van der Waals surface area contributed by atoms with Crippen molar-refractivity contribution >= 4 is 33.8 Å². The summed E-state index contributed by atoms with van der Waals surface area (Å²) in [4.78, 5) is 19.9. The highest BCUT2D eigenvalue weighted by atomic mass is 32.2. The van der Waals surface area contributed by atoms with E-state index in [4.69, 9.17) is 9.15 Å². The number of nitrogens with zero attached hydrogens (tertiary/aromatic N) is 1. The largest absolute Gasteiger partial charge is 0.497 e. The molecule has 0 aliphatic heterocycles. The molecule has 136 valence electrons. The van der Waals surface area contributed by atoms with E-state index in [0.717, 1.165) is 45.7 Å². The van der Waals surface area contributed by atoms with E-state index in [1.165, 1.54) is 17.5 Å². The lowest BCUT2D eigenvalue weighted by molar-refractivity contribution is 0.415. The van der Waals surface area contributed by atoms with Crippen molar-refractivity contribution in [2.24, 2.45) is 0 Å². The van der Waals surface area contributed by atoms with Crippen LogP contribution in [0, 0.1) is 0 Å². The number of rotatable bonds is 4. The van der Waals surface area contributed by atoms with Gasteiger partial charge in [0.1, 0.15) is 11.3 Å². The van der Waals surface area contributed by atoms with E-state index in [1.807, 2.05) is 24.3 Å². The van der Waals surface area contributed by atoms with Gasteiger partial charge in [-0.1, -0.05) is 11.8 Å². The molecule has 0 spiro atoms. The molecule has 1 aliphatic carbocycles. The van der Waals surface area contributed by atoms with Gasteiger partial charge in [-0.2, -0.15) is 0 Å². The molecule has 0 radical (unpaired) electrons. The lowest BCUT2D eigenvalue weighted by Crippen LogP contribution is -2.01.